The molecule has 0 radical (unpaired) electrons. The summed E-state index contributed by atoms with van der Waals surface area (Å²) in [4.78, 5) is 4.51. The van der Waals surface area contributed by atoms with Crippen molar-refractivity contribution in [2.24, 2.45) is 5.10 Å². The summed E-state index contributed by atoms with van der Waals surface area (Å²) in [7, 11) is 1.76. The highest BCUT2D eigenvalue weighted by atomic mass is 32.1. The predicted octanol–water partition coefficient (Wildman–Crippen LogP) is 6.51. The number of unbranched alkanes of at least 4 members (excludes halogenated alkanes) is 1. The third-order valence-electron chi connectivity index (χ3n) is 4.46. The van der Waals surface area contributed by atoms with Gasteiger partial charge in [0.05, 0.1) is 16.4 Å². The van der Waals surface area contributed by atoms with Gasteiger partial charge in [0.25, 0.3) is 0 Å². The van der Waals surface area contributed by atoms with E-state index in [2.05, 4.69) is 45.2 Å². The van der Waals surface area contributed by atoms with Gasteiger partial charge < -0.3 is 5.43 Å². The van der Waals surface area contributed by atoms with Crippen LogP contribution in [0.1, 0.15) is 54.1 Å². The molecule has 2 aromatic carbocycles. The van der Waals surface area contributed by atoms with Crippen molar-refractivity contribution < 1.29 is 0 Å². The van der Waals surface area contributed by atoms with Crippen LogP contribution in [0.5, 0.6) is 0 Å². The molecule has 0 saturated carbocycles. The Morgan fingerprint density at radius 1 is 1.10 bits per heavy atom. The lowest BCUT2D eigenvalue weighted by Crippen LogP contribution is -2.19. The second-order valence-corrected chi connectivity index (χ2v) is 7.77. The first kappa shape index (κ1) is 24.2. The molecular formula is C26H32N4S. The lowest BCUT2D eigenvalue weighted by Gasteiger charge is -2.09. The molecule has 1 aromatic heterocycles. The minimum Gasteiger partial charge on any atom is -0.312 e. The summed E-state index contributed by atoms with van der Waals surface area (Å²) in [6.45, 7) is 6.05. The van der Waals surface area contributed by atoms with Crippen LogP contribution in [0.15, 0.2) is 71.2 Å². The van der Waals surface area contributed by atoms with Crippen LogP contribution in [0.4, 0.5) is 0 Å². The number of allylic oxidation sites excluding steroid dienone is 1. The molecule has 3 aromatic rings. The molecule has 4 nitrogen and oxygen atoms in total. The summed E-state index contributed by atoms with van der Waals surface area (Å²) in [5, 5.41) is 16.2. The monoisotopic (exact) mass is 432 g/mol. The number of thiazole rings is 1. The number of nitrogens with zero attached hydrogens (tertiary/aromatic N) is 2. The first-order chi connectivity index (χ1) is 15.2. The SMILES string of the molecule is CC.CN/N=C(\C(=N)c1ccccc1)c1cccc(/C=C/CCCc2csc(C)n2)c1. The molecule has 0 saturated heterocycles. The van der Waals surface area contributed by atoms with Crippen LogP contribution in [-0.2, 0) is 6.42 Å². The van der Waals surface area contributed by atoms with E-state index in [0.717, 1.165) is 41.0 Å². The molecule has 0 unspecified atom stereocenters. The first-order valence-electron chi connectivity index (χ1n) is 10.7. The Kier molecular flexibility index (Phi) is 10.4. The number of hydrazone groups is 1. The van der Waals surface area contributed by atoms with E-state index in [4.69, 9.17) is 5.41 Å². The van der Waals surface area contributed by atoms with E-state index in [-0.39, 0.29) is 0 Å². The highest BCUT2D eigenvalue weighted by Gasteiger charge is 2.12. The van der Waals surface area contributed by atoms with Gasteiger partial charge in [0, 0.05) is 23.6 Å². The fourth-order valence-electron chi connectivity index (χ4n) is 3.05. The van der Waals surface area contributed by atoms with Gasteiger partial charge in [0.15, 0.2) is 0 Å². The minimum atomic E-state index is 0.402. The summed E-state index contributed by atoms with van der Waals surface area (Å²) in [5.74, 6) is 0. The zero-order valence-corrected chi connectivity index (χ0v) is 19.7. The highest BCUT2D eigenvalue weighted by molar-refractivity contribution is 7.09. The fourth-order valence-corrected chi connectivity index (χ4v) is 3.70. The standard InChI is InChI=1S/C24H26N4S.C2H6/c1-18-27-22(17-29-18)15-8-3-5-10-19-11-9-14-21(16-19)24(28-26-2)23(25)20-12-6-4-7-13-20;1-2/h4-7,9-14,16-17,25-26H,3,8,15H2,1-2H3;1-2H3/b10-5+,25-23?,28-24-;. The third-order valence-corrected chi connectivity index (χ3v) is 5.29. The Morgan fingerprint density at radius 3 is 2.52 bits per heavy atom. The van der Waals surface area contributed by atoms with Crippen molar-refractivity contribution in [2.45, 2.75) is 40.0 Å². The summed E-state index contributed by atoms with van der Waals surface area (Å²) in [6, 6.07) is 17.8. The van der Waals surface area contributed by atoms with E-state index in [1.165, 1.54) is 5.69 Å². The lowest BCUT2D eigenvalue weighted by molar-refractivity contribution is 0.823. The molecule has 0 fully saturated rings. The second-order valence-electron chi connectivity index (χ2n) is 6.70. The lowest BCUT2D eigenvalue weighted by atomic mass is 9.98. The molecular weight excluding hydrogens is 400 g/mol. The predicted molar refractivity (Wildman–Crippen MR) is 135 cm³/mol. The molecule has 0 aliphatic rings. The van der Waals surface area contributed by atoms with Crippen molar-refractivity contribution in [2.75, 3.05) is 7.05 Å². The highest BCUT2D eigenvalue weighted by Crippen LogP contribution is 2.14. The average Bonchev–Trinajstić information content (AvgIpc) is 3.24. The van der Waals surface area contributed by atoms with Crippen LogP contribution in [-0.4, -0.2) is 23.5 Å². The van der Waals surface area contributed by atoms with Crippen molar-refractivity contribution in [1.82, 2.24) is 10.4 Å². The quantitative estimate of drug-likeness (QED) is 0.230. The number of rotatable bonds is 9. The van der Waals surface area contributed by atoms with Crippen LogP contribution in [0.25, 0.3) is 6.08 Å². The van der Waals surface area contributed by atoms with Crippen molar-refractivity contribution in [3.05, 3.63) is 93.4 Å². The number of nitrogens with one attached hydrogen (secondary N) is 2. The van der Waals surface area contributed by atoms with Gasteiger partial charge in [0.2, 0.25) is 0 Å². The molecule has 1 heterocycles. The van der Waals surface area contributed by atoms with Gasteiger partial charge in [0.1, 0.15) is 5.71 Å². The summed E-state index contributed by atoms with van der Waals surface area (Å²) in [6.07, 6.45) is 7.46. The number of hydrogen-bond donors (Lipinski definition) is 2. The Morgan fingerprint density at radius 2 is 1.84 bits per heavy atom. The third kappa shape index (κ3) is 7.61. The Bertz CT molecular complexity index is 1000. The van der Waals surface area contributed by atoms with E-state index in [1.54, 1.807) is 18.4 Å². The van der Waals surface area contributed by atoms with Gasteiger partial charge in [-0.15, -0.1) is 11.3 Å². The zero-order chi connectivity index (χ0) is 22.5. The summed E-state index contributed by atoms with van der Waals surface area (Å²) < 4.78 is 0. The molecule has 31 heavy (non-hydrogen) atoms. The smallest absolute Gasteiger partial charge is 0.116 e. The second kappa shape index (κ2) is 13.3. The van der Waals surface area contributed by atoms with Crippen molar-refractivity contribution >= 4 is 28.8 Å². The molecule has 0 aliphatic carbocycles. The van der Waals surface area contributed by atoms with Gasteiger partial charge in [-0.05, 0) is 37.8 Å². The molecule has 2 N–H and O–H groups in total. The van der Waals surface area contributed by atoms with E-state index in [0.29, 0.717) is 11.4 Å². The molecule has 5 heteroatoms. The number of hydrogen-bond acceptors (Lipinski definition) is 5. The maximum absolute atomic E-state index is 8.58. The summed E-state index contributed by atoms with van der Waals surface area (Å²) in [5.41, 5.74) is 7.94. The van der Waals surface area contributed by atoms with Crippen molar-refractivity contribution in [1.29, 1.82) is 5.41 Å². The van der Waals surface area contributed by atoms with E-state index in [9.17, 15) is 0 Å². The molecule has 0 bridgehead atoms. The molecule has 0 amide bonds. The van der Waals surface area contributed by atoms with Gasteiger partial charge in [-0.2, -0.15) is 5.10 Å². The first-order valence-corrected chi connectivity index (χ1v) is 11.6. The van der Waals surface area contributed by atoms with Crippen molar-refractivity contribution in [3.8, 4) is 0 Å². The fraction of sp³-hybridized carbons (Fsp3) is 0.269. The molecule has 3 rings (SSSR count). The van der Waals surface area contributed by atoms with Crippen molar-refractivity contribution in [3.63, 3.8) is 0 Å². The maximum Gasteiger partial charge on any atom is 0.116 e. The normalized spacial score (nSPS) is 11.2. The van der Waals surface area contributed by atoms with E-state index < -0.39 is 0 Å². The Balaban J connectivity index is 0.00000166. The molecule has 0 spiro atoms. The van der Waals surface area contributed by atoms with E-state index in [1.807, 2.05) is 63.2 Å². The number of aromatic nitrogens is 1. The van der Waals surface area contributed by atoms with Crippen LogP contribution in [0, 0.1) is 12.3 Å². The van der Waals surface area contributed by atoms with Gasteiger partial charge in [-0.1, -0.05) is 74.5 Å². The zero-order valence-electron chi connectivity index (χ0n) is 18.9. The van der Waals surface area contributed by atoms with Crippen LogP contribution in [0.3, 0.4) is 0 Å². The minimum absolute atomic E-state index is 0.402. The molecule has 162 valence electrons. The molecule has 0 aliphatic heterocycles. The van der Waals surface area contributed by atoms with Gasteiger partial charge in [-0.3, -0.25) is 5.41 Å². The Labute approximate surface area is 190 Å². The van der Waals surface area contributed by atoms with Gasteiger partial charge >= 0.3 is 0 Å². The van der Waals surface area contributed by atoms with Crippen LogP contribution >= 0.6 is 11.3 Å². The number of aryl methyl sites for hydroxylation is 2. The van der Waals surface area contributed by atoms with Crippen LogP contribution < -0.4 is 5.43 Å². The average molecular weight is 433 g/mol. The maximum atomic E-state index is 8.58. The topological polar surface area (TPSA) is 61.1 Å². The largest absolute Gasteiger partial charge is 0.312 e. The molecule has 0 atom stereocenters. The van der Waals surface area contributed by atoms with Gasteiger partial charge in [-0.25, -0.2) is 4.98 Å². The Hall–Kier alpha value is -3.05. The van der Waals surface area contributed by atoms with E-state index >= 15 is 0 Å². The number of benzene rings is 2. The van der Waals surface area contributed by atoms with Crippen LogP contribution in [0.2, 0.25) is 0 Å². The summed E-state index contributed by atoms with van der Waals surface area (Å²) >= 11 is 1.71.